The third-order valence-corrected chi connectivity index (χ3v) is 4.28. The van der Waals surface area contributed by atoms with E-state index >= 15 is 0 Å². The zero-order valence-electron chi connectivity index (χ0n) is 15.3. The smallest absolute Gasteiger partial charge is 0.266 e. The van der Waals surface area contributed by atoms with E-state index in [1.165, 1.54) is 4.90 Å². The number of benzene rings is 2. The topological polar surface area (TPSA) is 91.3 Å². The molecule has 2 aromatic carbocycles. The molecule has 29 heavy (non-hydrogen) atoms. The molecule has 0 aliphatic heterocycles. The van der Waals surface area contributed by atoms with Crippen LogP contribution in [0.2, 0.25) is 0 Å². The molecule has 2 aromatic heterocycles. The molecule has 1 atom stereocenters. The lowest BCUT2D eigenvalue weighted by atomic mass is 10.1. The van der Waals surface area contributed by atoms with Gasteiger partial charge in [0, 0.05) is 18.5 Å². The van der Waals surface area contributed by atoms with Gasteiger partial charge in [0.25, 0.3) is 5.91 Å². The molecule has 0 saturated heterocycles. The van der Waals surface area contributed by atoms with Crippen LogP contribution in [0.3, 0.4) is 0 Å². The Morgan fingerprint density at radius 1 is 0.897 bits per heavy atom. The van der Waals surface area contributed by atoms with Gasteiger partial charge in [-0.1, -0.05) is 30.3 Å². The normalized spacial score (nSPS) is 11.6. The highest BCUT2D eigenvalue weighted by Crippen LogP contribution is 2.29. The fraction of sp³-hybridized carbons (Fsp3) is 0.0455. The Morgan fingerprint density at radius 3 is 2.24 bits per heavy atom. The van der Waals surface area contributed by atoms with E-state index in [-0.39, 0.29) is 0 Å². The summed E-state index contributed by atoms with van der Waals surface area (Å²) in [6, 6.07) is 21.0. The van der Waals surface area contributed by atoms with Crippen molar-refractivity contribution >= 4 is 17.4 Å². The van der Waals surface area contributed by atoms with Gasteiger partial charge in [0.05, 0.1) is 11.9 Å². The van der Waals surface area contributed by atoms with E-state index in [9.17, 15) is 9.90 Å². The quantitative estimate of drug-likeness (QED) is 0.523. The maximum absolute atomic E-state index is 13.1. The number of rotatable bonds is 6. The number of carbonyl (C=O) groups excluding carboxylic acids is 1. The molecule has 4 rings (SSSR count). The van der Waals surface area contributed by atoms with Crippen molar-refractivity contribution in [1.29, 1.82) is 0 Å². The number of nitrogens with one attached hydrogen (secondary N) is 1. The summed E-state index contributed by atoms with van der Waals surface area (Å²) in [4.78, 5) is 18.5. The number of aliphatic hydroxyl groups is 1. The minimum absolute atomic E-state index is 0.456. The number of nitrogens with zero attached hydrogens (tertiary/aromatic N) is 3. The summed E-state index contributed by atoms with van der Waals surface area (Å²) in [5.74, 6) is 1.22. The Balaban J connectivity index is 1.56. The van der Waals surface area contributed by atoms with Crippen LogP contribution in [0.4, 0.5) is 11.5 Å². The van der Waals surface area contributed by atoms with Crippen LogP contribution in [0.15, 0.2) is 91.4 Å². The first-order chi connectivity index (χ1) is 14.2. The number of aromatic nitrogens is 3. The van der Waals surface area contributed by atoms with Crippen molar-refractivity contribution < 1.29 is 14.6 Å². The van der Waals surface area contributed by atoms with Gasteiger partial charge in [0.1, 0.15) is 17.3 Å². The molecule has 0 aliphatic rings. The minimum Gasteiger partial charge on any atom is -0.457 e. The molecule has 7 nitrogen and oxygen atoms in total. The van der Waals surface area contributed by atoms with Crippen LogP contribution in [-0.4, -0.2) is 26.2 Å². The number of hydrogen-bond acceptors (Lipinski definition) is 5. The second-order valence-corrected chi connectivity index (χ2v) is 6.21. The number of hydrogen-bond donors (Lipinski definition) is 2. The SMILES string of the molecule is O=C(C(O)c1ccc(Oc2ccncc2)cc1)N(c1ccccc1)c1ccn[nH]1. The number of pyridine rings is 1. The van der Waals surface area contributed by atoms with Gasteiger partial charge < -0.3 is 9.84 Å². The highest BCUT2D eigenvalue weighted by atomic mass is 16.5. The Hall–Kier alpha value is -3.97. The predicted molar refractivity (Wildman–Crippen MR) is 108 cm³/mol. The van der Waals surface area contributed by atoms with E-state index < -0.39 is 12.0 Å². The van der Waals surface area contributed by atoms with E-state index in [2.05, 4.69) is 15.2 Å². The van der Waals surface area contributed by atoms with E-state index in [1.807, 2.05) is 18.2 Å². The van der Waals surface area contributed by atoms with Crippen LogP contribution in [0.5, 0.6) is 11.5 Å². The Kier molecular flexibility index (Phi) is 5.31. The number of aromatic amines is 1. The van der Waals surface area contributed by atoms with Crippen molar-refractivity contribution in [2.45, 2.75) is 6.10 Å². The third-order valence-electron chi connectivity index (χ3n) is 4.28. The van der Waals surface area contributed by atoms with Gasteiger partial charge in [-0.05, 0) is 42.0 Å². The largest absolute Gasteiger partial charge is 0.457 e. The van der Waals surface area contributed by atoms with Gasteiger partial charge in [-0.15, -0.1) is 0 Å². The summed E-state index contributed by atoms with van der Waals surface area (Å²) in [6.07, 6.45) is 3.48. The molecule has 1 unspecified atom stereocenters. The molecule has 0 bridgehead atoms. The Labute approximate surface area is 167 Å². The molecule has 144 valence electrons. The minimum atomic E-state index is -1.35. The summed E-state index contributed by atoms with van der Waals surface area (Å²) in [7, 11) is 0. The summed E-state index contributed by atoms with van der Waals surface area (Å²) < 4.78 is 5.72. The van der Waals surface area contributed by atoms with Crippen LogP contribution in [-0.2, 0) is 4.79 Å². The van der Waals surface area contributed by atoms with Gasteiger partial charge in [-0.2, -0.15) is 5.10 Å². The highest BCUT2D eigenvalue weighted by Gasteiger charge is 2.27. The fourth-order valence-electron chi connectivity index (χ4n) is 2.86. The number of H-pyrrole nitrogens is 1. The van der Waals surface area contributed by atoms with Crippen molar-refractivity contribution in [2.75, 3.05) is 4.90 Å². The number of carbonyl (C=O) groups is 1. The lowest BCUT2D eigenvalue weighted by Gasteiger charge is -2.24. The second-order valence-electron chi connectivity index (χ2n) is 6.21. The molecule has 0 fully saturated rings. The van der Waals surface area contributed by atoms with Gasteiger partial charge in [0.15, 0.2) is 6.10 Å². The molecule has 1 amide bonds. The molecule has 2 heterocycles. The number of ether oxygens (including phenoxy) is 1. The summed E-state index contributed by atoms with van der Waals surface area (Å²) in [6.45, 7) is 0. The maximum atomic E-state index is 13.1. The van der Waals surface area contributed by atoms with Crippen molar-refractivity contribution in [3.8, 4) is 11.5 Å². The van der Waals surface area contributed by atoms with Crippen LogP contribution < -0.4 is 9.64 Å². The van der Waals surface area contributed by atoms with Gasteiger partial charge in [0.2, 0.25) is 0 Å². The van der Waals surface area contributed by atoms with E-state index in [0.29, 0.717) is 28.6 Å². The van der Waals surface area contributed by atoms with Crippen LogP contribution in [0.1, 0.15) is 11.7 Å². The van der Waals surface area contributed by atoms with Crippen molar-refractivity contribution in [3.05, 3.63) is 97.0 Å². The number of amides is 1. The molecule has 0 saturated carbocycles. The first-order valence-electron chi connectivity index (χ1n) is 8.97. The van der Waals surface area contributed by atoms with Gasteiger partial charge >= 0.3 is 0 Å². The standard InChI is InChI=1S/C22H18N4O3/c27-21(16-6-8-18(9-7-16)29-19-10-13-23-14-11-19)22(28)26(20-12-15-24-25-20)17-4-2-1-3-5-17/h1-15,21,27H,(H,24,25). The fourth-order valence-corrected chi connectivity index (χ4v) is 2.86. The highest BCUT2D eigenvalue weighted by molar-refractivity contribution is 6.02. The molecule has 0 spiro atoms. The number of anilines is 2. The van der Waals surface area contributed by atoms with E-state index in [1.54, 1.807) is 73.2 Å². The Bertz CT molecular complexity index is 1050. The average Bonchev–Trinajstić information content (AvgIpc) is 3.30. The monoisotopic (exact) mass is 386 g/mol. The predicted octanol–water partition coefficient (Wildman–Crippen LogP) is 4.00. The second kappa shape index (κ2) is 8.37. The molecule has 7 heteroatoms. The summed E-state index contributed by atoms with van der Waals surface area (Å²) in [5.41, 5.74) is 1.08. The van der Waals surface area contributed by atoms with E-state index in [0.717, 1.165) is 0 Å². The van der Waals surface area contributed by atoms with Crippen LogP contribution >= 0.6 is 0 Å². The molecular formula is C22H18N4O3. The van der Waals surface area contributed by atoms with Crippen molar-refractivity contribution in [1.82, 2.24) is 15.2 Å². The third kappa shape index (κ3) is 4.15. The number of aliphatic hydroxyl groups excluding tert-OH is 1. The summed E-state index contributed by atoms with van der Waals surface area (Å²) >= 11 is 0. The van der Waals surface area contributed by atoms with Crippen LogP contribution in [0.25, 0.3) is 0 Å². The zero-order chi connectivity index (χ0) is 20.1. The zero-order valence-corrected chi connectivity index (χ0v) is 15.3. The first kappa shape index (κ1) is 18.4. The lowest BCUT2D eigenvalue weighted by Crippen LogP contribution is -2.31. The molecule has 0 radical (unpaired) electrons. The Morgan fingerprint density at radius 2 is 1.59 bits per heavy atom. The molecule has 4 aromatic rings. The average molecular weight is 386 g/mol. The molecular weight excluding hydrogens is 368 g/mol. The maximum Gasteiger partial charge on any atom is 0.266 e. The molecule has 0 aliphatic carbocycles. The lowest BCUT2D eigenvalue weighted by molar-refractivity contribution is -0.126. The van der Waals surface area contributed by atoms with Crippen LogP contribution in [0, 0.1) is 0 Å². The number of para-hydroxylation sites is 1. The van der Waals surface area contributed by atoms with Crippen molar-refractivity contribution in [2.24, 2.45) is 0 Å². The summed E-state index contributed by atoms with van der Waals surface area (Å²) in [5, 5.41) is 17.4. The van der Waals surface area contributed by atoms with Gasteiger partial charge in [-0.25, -0.2) is 0 Å². The van der Waals surface area contributed by atoms with Crippen molar-refractivity contribution in [3.63, 3.8) is 0 Å². The van der Waals surface area contributed by atoms with E-state index in [4.69, 9.17) is 4.74 Å². The first-order valence-corrected chi connectivity index (χ1v) is 8.97. The van der Waals surface area contributed by atoms with Gasteiger partial charge in [-0.3, -0.25) is 19.8 Å². The molecule has 2 N–H and O–H groups in total.